The van der Waals surface area contributed by atoms with E-state index in [1.165, 1.54) is 17.3 Å². The van der Waals surface area contributed by atoms with Crippen molar-refractivity contribution in [3.05, 3.63) is 59.8 Å². The molecule has 0 saturated heterocycles. The molecule has 1 aromatic heterocycles. The minimum absolute atomic E-state index is 0.0302. The molecule has 0 saturated carbocycles. The Bertz CT molecular complexity index is 890. The van der Waals surface area contributed by atoms with Gasteiger partial charge in [0.05, 0.1) is 12.2 Å². The van der Waals surface area contributed by atoms with Gasteiger partial charge in [-0.05, 0) is 31.2 Å². The van der Waals surface area contributed by atoms with Gasteiger partial charge in [-0.3, -0.25) is 20.4 Å². The van der Waals surface area contributed by atoms with Crippen LogP contribution in [0.4, 0.5) is 0 Å². The van der Waals surface area contributed by atoms with E-state index in [1.54, 1.807) is 6.07 Å². The molecule has 0 fully saturated rings. The van der Waals surface area contributed by atoms with Crippen molar-refractivity contribution in [1.82, 2.24) is 16.0 Å². The highest BCUT2D eigenvalue weighted by atomic mass is 32.2. The number of aryl methyl sites for hydroxylation is 1. The topological polar surface area (TPSA) is 84.2 Å². The summed E-state index contributed by atoms with van der Waals surface area (Å²) in [4.78, 5) is 24.8. The van der Waals surface area contributed by atoms with Crippen molar-refractivity contribution in [2.24, 2.45) is 0 Å². The molecule has 7 heteroatoms. The molecule has 1 heterocycles. The lowest BCUT2D eigenvalue weighted by Crippen LogP contribution is -2.43. The quantitative estimate of drug-likeness (QED) is 0.543. The van der Waals surface area contributed by atoms with Crippen LogP contribution in [0.3, 0.4) is 0 Å². The van der Waals surface area contributed by atoms with E-state index >= 15 is 0 Å². The molecule has 0 atom stereocenters. The van der Waals surface area contributed by atoms with Crippen molar-refractivity contribution < 1.29 is 14.1 Å². The van der Waals surface area contributed by atoms with Crippen LogP contribution in [-0.4, -0.2) is 22.7 Å². The molecule has 3 aromatic rings. The van der Waals surface area contributed by atoms with Crippen LogP contribution < -0.4 is 10.9 Å². The zero-order valence-electron chi connectivity index (χ0n) is 13.6. The van der Waals surface area contributed by atoms with Gasteiger partial charge >= 0.3 is 0 Å². The Morgan fingerprint density at radius 2 is 1.76 bits per heavy atom. The Hall–Kier alpha value is -2.80. The largest absolute Gasteiger partial charge is 0.356 e. The monoisotopic (exact) mass is 355 g/mol. The smallest absolute Gasteiger partial charge is 0.248 e. The molecule has 0 aliphatic carbocycles. The van der Waals surface area contributed by atoms with Crippen LogP contribution in [0.25, 0.3) is 11.0 Å². The molecule has 2 aromatic carbocycles. The fourth-order valence-corrected chi connectivity index (χ4v) is 2.92. The van der Waals surface area contributed by atoms with Gasteiger partial charge in [0.15, 0.2) is 5.58 Å². The van der Waals surface area contributed by atoms with Gasteiger partial charge in [0.25, 0.3) is 0 Å². The average Bonchev–Trinajstić information content (AvgIpc) is 3.02. The number of amides is 2. The third-order valence-corrected chi connectivity index (χ3v) is 4.52. The first-order chi connectivity index (χ1) is 12.1. The van der Waals surface area contributed by atoms with Gasteiger partial charge in [0, 0.05) is 10.3 Å². The number of carbonyl (C=O) groups is 2. The second kappa shape index (κ2) is 7.85. The number of hydrazine groups is 1. The number of fused-ring (bicyclic) bond motifs is 1. The van der Waals surface area contributed by atoms with E-state index in [4.69, 9.17) is 4.52 Å². The van der Waals surface area contributed by atoms with E-state index < -0.39 is 0 Å². The summed E-state index contributed by atoms with van der Waals surface area (Å²) in [6, 6.07) is 15.2. The SMILES string of the molecule is Cc1ccc(SCC(=O)NNC(=O)Cc2noc3ccccc23)cc1. The maximum Gasteiger partial charge on any atom is 0.248 e. The lowest BCUT2D eigenvalue weighted by Gasteiger charge is -2.06. The lowest BCUT2D eigenvalue weighted by atomic mass is 10.2. The van der Waals surface area contributed by atoms with Gasteiger partial charge in [-0.25, -0.2) is 0 Å². The van der Waals surface area contributed by atoms with Crippen LogP contribution in [0.2, 0.25) is 0 Å². The van der Waals surface area contributed by atoms with Crippen molar-refractivity contribution in [2.75, 3.05) is 5.75 Å². The summed E-state index contributed by atoms with van der Waals surface area (Å²) in [7, 11) is 0. The lowest BCUT2D eigenvalue weighted by molar-refractivity contribution is -0.127. The summed E-state index contributed by atoms with van der Waals surface area (Å²) in [5.74, 6) is -0.410. The molecule has 128 valence electrons. The maximum absolute atomic E-state index is 12.0. The van der Waals surface area contributed by atoms with Crippen LogP contribution in [0.15, 0.2) is 57.9 Å². The number of aromatic nitrogens is 1. The van der Waals surface area contributed by atoms with E-state index in [1.807, 2.05) is 49.4 Å². The second-order valence-electron chi connectivity index (χ2n) is 5.50. The Kier molecular flexibility index (Phi) is 5.35. The number of hydrogen-bond acceptors (Lipinski definition) is 5. The third kappa shape index (κ3) is 4.60. The molecule has 6 nitrogen and oxygen atoms in total. The van der Waals surface area contributed by atoms with E-state index in [-0.39, 0.29) is 24.0 Å². The molecule has 0 radical (unpaired) electrons. The number of para-hydroxylation sites is 1. The second-order valence-corrected chi connectivity index (χ2v) is 6.55. The molecule has 0 spiro atoms. The Labute approximate surface area is 148 Å². The summed E-state index contributed by atoms with van der Waals surface area (Å²) in [6.45, 7) is 2.01. The highest BCUT2D eigenvalue weighted by molar-refractivity contribution is 8.00. The molecular weight excluding hydrogens is 338 g/mol. The molecule has 3 rings (SSSR count). The van der Waals surface area contributed by atoms with Gasteiger partial charge in [-0.1, -0.05) is 35.0 Å². The number of thioether (sulfide) groups is 1. The summed E-state index contributed by atoms with van der Waals surface area (Å²) < 4.78 is 5.15. The summed E-state index contributed by atoms with van der Waals surface area (Å²) in [6.07, 6.45) is 0.0302. The first-order valence-corrected chi connectivity index (χ1v) is 8.71. The predicted molar refractivity (Wildman–Crippen MR) is 95.9 cm³/mol. The molecule has 2 N–H and O–H groups in total. The van der Waals surface area contributed by atoms with E-state index in [9.17, 15) is 9.59 Å². The Morgan fingerprint density at radius 1 is 1.04 bits per heavy atom. The molecule has 25 heavy (non-hydrogen) atoms. The maximum atomic E-state index is 12.0. The van der Waals surface area contributed by atoms with Crippen LogP contribution in [-0.2, 0) is 16.0 Å². The number of rotatable bonds is 5. The Balaban J connectivity index is 1.45. The minimum Gasteiger partial charge on any atom is -0.356 e. The summed E-state index contributed by atoms with van der Waals surface area (Å²) >= 11 is 1.41. The van der Waals surface area contributed by atoms with Gasteiger partial charge < -0.3 is 4.52 Å². The molecule has 0 bridgehead atoms. The van der Waals surface area contributed by atoms with Crippen LogP contribution in [0.1, 0.15) is 11.3 Å². The van der Waals surface area contributed by atoms with Crippen LogP contribution in [0, 0.1) is 6.92 Å². The third-order valence-electron chi connectivity index (χ3n) is 3.51. The van der Waals surface area contributed by atoms with Crippen molar-refractivity contribution in [3.8, 4) is 0 Å². The molecule has 2 amide bonds. The zero-order chi connectivity index (χ0) is 17.6. The van der Waals surface area contributed by atoms with Gasteiger partial charge in [-0.2, -0.15) is 0 Å². The summed E-state index contributed by atoms with van der Waals surface area (Å²) in [5, 5.41) is 4.68. The zero-order valence-corrected chi connectivity index (χ0v) is 14.4. The average molecular weight is 355 g/mol. The number of nitrogens with zero attached hydrogens (tertiary/aromatic N) is 1. The van der Waals surface area contributed by atoms with Crippen molar-refractivity contribution in [3.63, 3.8) is 0 Å². The molecular formula is C18H17N3O3S. The number of carbonyl (C=O) groups excluding carboxylic acids is 2. The normalized spacial score (nSPS) is 10.6. The highest BCUT2D eigenvalue weighted by Crippen LogP contribution is 2.18. The van der Waals surface area contributed by atoms with Crippen molar-refractivity contribution >= 4 is 34.5 Å². The first-order valence-electron chi connectivity index (χ1n) is 7.72. The minimum atomic E-state index is -0.354. The van der Waals surface area contributed by atoms with Gasteiger partial charge in [-0.15, -0.1) is 11.8 Å². The van der Waals surface area contributed by atoms with Crippen molar-refractivity contribution in [2.45, 2.75) is 18.2 Å². The number of benzene rings is 2. The Morgan fingerprint density at radius 3 is 2.56 bits per heavy atom. The molecule has 0 aliphatic heterocycles. The predicted octanol–water partition coefficient (Wildman–Crippen LogP) is 2.62. The fraction of sp³-hybridized carbons (Fsp3) is 0.167. The van der Waals surface area contributed by atoms with E-state index in [2.05, 4.69) is 16.0 Å². The van der Waals surface area contributed by atoms with Crippen LogP contribution in [0.5, 0.6) is 0 Å². The number of hydrogen-bond donors (Lipinski definition) is 2. The van der Waals surface area contributed by atoms with Crippen LogP contribution >= 0.6 is 11.8 Å². The highest BCUT2D eigenvalue weighted by Gasteiger charge is 2.12. The van der Waals surface area contributed by atoms with Crippen molar-refractivity contribution in [1.29, 1.82) is 0 Å². The van der Waals surface area contributed by atoms with Gasteiger partial charge in [0.2, 0.25) is 11.8 Å². The molecule has 0 unspecified atom stereocenters. The molecule has 0 aliphatic rings. The number of nitrogens with one attached hydrogen (secondary N) is 2. The van der Waals surface area contributed by atoms with E-state index in [0.717, 1.165) is 10.3 Å². The van der Waals surface area contributed by atoms with E-state index in [0.29, 0.717) is 11.3 Å². The summed E-state index contributed by atoms with van der Waals surface area (Å²) in [5.41, 5.74) is 7.14. The first kappa shape index (κ1) is 17.0. The van der Waals surface area contributed by atoms with Gasteiger partial charge in [0.1, 0.15) is 5.69 Å². The fourth-order valence-electron chi connectivity index (χ4n) is 2.22. The standard InChI is InChI=1S/C18H17N3O3S/c1-12-6-8-13(9-7-12)25-11-18(23)20-19-17(22)10-15-14-4-2-3-5-16(14)24-21-15/h2-9H,10-11H2,1H3,(H,19,22)(H,20,23).